The maximum atomic E-state index is 13.4. The summed E-state index contributed by atoms with van der Waals surface area (Å²) < 4.78 is 15.3. The third-order valence-electron chi connectivity index (χ3n) is 4.07. The van der Waals surface area contributed by atoms with Crippen LogP contribution >= 0.6 is 0 Å². The molecule has 1 N–H and O–H groups in total. The molecule has 25 heavy (non-hydrogen) atoms. The van der Waals surface area contributed by atoms with Gasteiger partial charge in [0.15, 0.2) is 0 Å². The second-order valence-electron chi connectivity index (χ2n) is 6.46. The molecule has 2 heterocycles. The van der Waals surface area contributed by atoms with E-state index in [0.29, 0.717) is 28.7 Å². The Kier molecular flexibility index (Phi) is 4.53. The SMILES string of the molecule is Cc1cc(C(=O)NC(C)Cn2nc(C)cc2C)c2ccc(F)cc2n1. The number of rotatable bonds is 4. The molecule has 0 bridgehead atoms. The molecule has 3 rings (SSSR count). The van der Waals surface area contributed by atoms with Crippen LogP contribution in [0, 0.1) is 26.6 Å². The van der Waals surface area contributed by atoms with Gasteiger partial charge in [0.05, 0.1) is 23.3 Å². The Balaban J connectivity index is 1.83. The number of halogens is 1. The van der Waals surface area contributed by atoms with Gasteiger partial charge in [-0.25, -0.2) is 4.39 Å². The molecule has 0 aliphatic rings. The van der Waals surface area contributed by atoms with Crippen molar-refractivity contribution in [2.24, 2.45) is 0 Å². The zero-order chi connectivity index (χ0) is 18.1. The third kappa shape index (κ3) is 3.68. The molecular formula is C19H21FN4O. The van der Waals surface area contributed by atoms with Crippen LogP contribution in [0.5, 0.6) is 0 Å². The van der Waals surface area contributed by atoms with Gasteiger partial charge in [-0.2, -0.15) is 5.10 Å². The Hall–Kier alpha value is -2.76. The van der Waals surface area contributed by atoms with Crippen molar-refractivity contribution >= 4 is 16.8 Å². The van der Waals surface area contributed by atoms with Crippen molar-refractivity contribution in [2.75, 3.05) is 0 Å². The predicted molar refractivity (Wildman–Crippen MR) is 95.1 cm³/mol. The third-order valence-corrected chi connectivity index (χ3v) is 4.07. The Morgan fingerprint density at radius 3 is 2.64 bits per heavy atom. The molecule has 0 saturated carbocycles. The summed E-state index contributed by atoms with van der Waals surface area (Å²) in [5.74, 6) is -0.564. The van der Waals surface area contributed by atoms with Crippen molar-refractivity contribution in [3.8, 4) is 0 Å². The molecule has 0 radical (unpaired) electrons. The monoisotopic (exact) mass is 340 g/mol. The molecule has 0 aliphatic heterocycles. The highest BCUT2D eigenvalue weighted by atomic mass is 19.1. The first-order chi connectivity index (χ1) is 11.8. The summed E-state index contributed by atoms with van der Waals surface area (Å²) in [6.07, 6.45) is 0. The summed E-state index contributed by atoms with van der Waals surface area (Å²) >= 11 is 0. The highest BCUT2D eigenvalue weighted by Crippen LogP contribution is 2.19. The number of aromatic nitrogens is 3. The summed E-state index contributed by atoms with van der Waals surface area (Å²) in [6, 6.07) is 7.91. The van der Waals surface area contributed by atoms with Crippen LogP contribution in [0.3, 0.4) is 0 Å². The summed E-state index contributed by atoms with van der Waals surface area (Å²) in [6.45, 7) is 8.24. The molecular weight excluding hydrogens is 319 g/mol. The van der Waals surface area contributed by atoms with Gasteiger partial charge >= 0.3 is 0 Å². The number of pyridine rings is 1. The van der Waals surface area contributed by atoms with Gasteiger partial charge in [-0.15, -0.1) is 0 Å². The fourth-order valence-corrected chi connectivity index (χ4v) is 2.99. The van der Waals surface area contributed by atoms with Crippen LogP contribution < -0.4 is 5.32 Å². The summed E-state index contributed by atoms with van der Waals surface area (Å²) in [5.41, 5.74) is 3.67. The van der Waals surface area contributed by atoms with E-state index in [-0.39, 0.29) is 17.8 Å². The van der Waals surface area contributed by atoms with Crippen LogP contribution in [0.4, 0.5) is 4.39 Å². The van der Waals surface area contributed by atoms with Gasteiger partial charge in [0.1, 0.15) is 5.82 Å². The van der Waals surface area contributed by atoms with Gasteiger partial charge in [-0.1, -0.05) is 0 Å². The van der Waals surface area contributed by atoms with Crippen molar-refractivity contribution < 1.29 is 9.18 Å². The minimum Gasteiger partial charge on any atom is -0.348 e. The number of carbonyl (C=O) groups is 1. The fraction of sp³-hybridized carbons (Fsp3) is 0.316. The van der Waals surface area contributed by atoms with Crippen LogP contribution in [0.25, 0.3) is 10.9 Å². The number of carbonyl (C=O) groups excluding carboxylic acids is 1. The Morgan fingerprint density at radius 2 is 1.96 bits per heavy atom. The standard InChI is InChI=1S/C19H21FN4O/c1-11-8-17(16-6-5-15(20)9-18(16)21-11)19(25)22-13(3)10-24-14(4)7-12(2)23-24/h5-9,13H,10H2,1-4H3,(H,22,25). The number of hydrogen-bond donors (Lipinski definition) is 1. The maximum absolute atomic E-state index is 13.4. The molecule has 0 fully saturated rings. The van der Waals surface area contributed by atoms with E-state index < -0.39 is 0 Å². The Morgan fingerprint density at radius 1 is 1.20 bits per heavy atom. The average molecular weight is 340 g/mol. The zero-order valence-corrected chi connectivity index (χ0v) is 14.8. The average Bonchev–Trinajstić information content (AvgIpc) is 2.83. The first-order valence-electron chi connectivity index (χ1n) is 8.22. The van der Waals surface area contributed by atoms with Crippen LogP contribution in [0.1, 0.15) is 34.4 Å². The molecule has 1 atom stereocenters. The molecule has 0 saturated heterocycles. The van der Waals surface area contributed by atoms with E-state index in [1.54, 1.807) is 19.1 Å². The molecule has 1 amide bonds. The molecule has 130 valence electrons. The maximum Gasteiger partial charge on any atom is 0.252 e. The zero-order valence-electron chi connectivity index (χ0n) is 14.8. The first-order valence-corrected chi connectivity index (χ1v) is 8.22. The molecule has 3 aromatic rings. The van der Waals surface area contributed by atoms with Gasteiger partial charge in [0.25, 0.3) is 5.91 Å². The fourth-order valence-electron chi connectivity index (χ4n) is 2.99. The number of benzene rings is 1. The topological polar surface area (TPSA) is 59.8 Å². The molecule has 5 nitrogen and oxygen atoms in total. The summed E-state index contributed by atoms with van der Waals surface area (Å²) in [7, 11) is 0. The largest absolute Gasteiger partial charge is 0.348 e. The lowest BCUT2D eigenvalue weighted by molar-refractivity contribution is 0.0937. The smallest absolute Gasteiger partial charge is 0.252 e. The molecule has 2 aromatic heterocycles. The highest BCUT2D eigenvalue weighted by molar-refractivity contribution is 6.06. The molecule has 0 aliphatic carbocycles. The molecule has 1 unspecified atom stereocenters. The van der Waals surface area contributed by atoms with E-state index in [1.165, 1.54) is 12.1 Å². The van der Waals surface area contributed by atoms with Crippen molar-refractivity contribution in [1.82, 2.24) is 20.1 Å². The van der Waals surface area contributed by atoms with Gasteiger partial charge < -0.3 is 5.32 Å². The molecule has 0 spiro atoms. The lowest BCUT2D eigenvalue weighted by Gasteiger charge is -2.16. The quantitative estimate of drug-likeness (QED) is 0.793. The van der Waals surface area contributed by atoms with Crippen molar-refractivity contribution in [1.29, 1.82) is 0 Å². The second-order valence-corrected chi connectivity index (χ2v) is 6.46. The Labute approximate surface area is 145 Å². The second kappa shape index (κ2) is 6.63. The number of nitrogens with zero attached hydrogens (tertiary/aromatic N) is 3. The number of nitrogens with one attached hydrogen (secondary N) is 1. The number of aryl methyl sites for hydroxylation is 3. The summed E-state index contributed by atoms with van der Waals surface area (Å²) in [4.78, 5) is 17.0. The van der Waals surface area contributed by atoms with Crippen molar-refractivity contribution in [3.05, 3.63) is 58.8 Å². The lowest BCUT2D eigenvalue weighted by Crippen LogP contribution is -2.36. The van der Waals surface area contributed by atoms with E-state index in [1.807, 2.05) is 31.5 Å². The van der Waals surface area contributed by atoms with E-state index in [9.17, 15) is 9.18 Å². The van der Waals surface area contributed by atoms with Crippen LogP contribution in [0.15, 0.2) is 30.3 Å². The summed E-state index contributed by atoms with van der Waals surface area (Å²) in [5, 5.41) is 8.05. The van der Waals surface area contributed by atoms with Crippen molar-refractivity contribution in [3.63, 3.8) is 0 Å². The van der Waals surface area contributed by atoms with E-state index in [2.05, 4.69) is 15.4 Å². The molecule has 6 heteroatoms. The van der Waals surface area contributed by atoms with Gasteiger partial charge in [0.2, 0.25) is 0 Å². The van der Waals surface area contributed by atoms with Gasteiger partial charge in [-0.3, -0.25) is 14.5 Å². The number of hydrogen-bond acceptors (Lipinski definition) is 3. The van der Waals surface area contributed by atoms with Gasteiger partial charge in [0, 0.05) is 28.9 Å². The lowest BCUT2D eigenvalue weighted by atomic mass is 10.1. The minimum absolute atomic E-state index is 0.102. The number of fused-ring (bicyclic) bond motifs is 1. The van der Waals surface area contributed by atoms with E-state index in [0.717, 1.165) is 11.4 Å². The van der Waals surface area contributed by atoms with Gasteiger partial charge in [-0.05, 0) is 52.0 Å². The predicted octanol–water partition coefficient (Wildman–Crippen LogP) is 3.31. The normalized spacial score (nSPS) is 12.4. The Bertz CT molecular complexity index is 943. The molecule has 1 aromatic carbocycles. The van der Waals surface area contributed by atoms with Crippen LogP contribution in [-0.4, -0.2) is 26.7 Å². The van der Waals surface area contributed by atoms with Crippen LogP contribution in [-0.2, 0) is 6.54 Å². The minimum atomic E-state index is -0.366. The van der Waals surface area contributed by atoms with Crippen LogP contribution in [0.2, 0.25) is 0 Å². The highest BCUT2D eigenvalue weighted by Gasteiger charge is 2.16. The van der Waals surface area contributed by atoms with E-state index >= 15 is 0 Å². The van der Waals surface area contributed by atoms with E-state index in [4.69, 9.17) is 0 Å². The first kappa shape index (κ1) is 17.1. The van der Waals surface area contributed by atoms with Crippen molar-refractivity contribution in [2.45, 2.75) is 40.3 Å². The number of amides is 1.